The summed E-state index contributed by atoms with van der Waals surface area (Å²) in [5.74, 6) is 1.12. The summed E-state index contributed by atoms with van der Waals surface area (Å²) in [7, 11) is 0. The summed E-state index contributed by atoms with van der Waals surface area (Å²) in [5.41, 5.74) is 1.89. The van der Waals surface area contributed by atoms with Crippen LogP contribution in [0.5, 0.6) is 0 Å². The van der Waals surface area contributed by atoms with E-state index in [0.29, 0.717) is 32.2 Å². The van der Waals surface area contributed by atoms with Crippen molar-refractivity contribution in [1.29, 1.82) is 0 Å². The second-order valence-electron chi connectivity index (χ2n) is 7.41. The lowest BCUT2D eigenvalue weighted by molar-refractivity contribution is -0.115. The molecule has 2 fully saturated rings. The van der Waals surface area contributed by atoms with Crippen molar-refractivity contribution in [2.75, 3.05) is 17.2 Å². The zero-order chi connectivity index (χ0) is 21.5. The maximum absolute atomic E-state index is 13.6. The van der Waals surface area contributed by atoms with Crippen LogP contribution >= 0.6 is 22.6 Å². The third-order valence-electron chi connectivity index (χ3n) is 4.98. The highest BCUT2D eigenvalue weighted by Gasteiger charge is 2.24. The first kappa shape index (κ1) is 19.7. The van der Waals surface area contributed by atoms with Gasteiger partial charge in [-0.05, 0) is 65.6 Å². The number of hydrogen-bond donors (Lipinski definition) is 4. The number of urea groups is 1. The van der Waals surface area contributed by atoms with Crippen LogP contribution in [-0.2, 0) is 4.79 Å². The first-order valence-electron chi connectivity index (χ1n) is 9.65. The molecule has 1 aromatic carbocycles. The van der Waals surface area contributed by atoms with Gasteiger partial charge in [0.25, 0.3) is 5.91 Å². The van der Waals surface area contributed by atoms with Crippen LogP contribution in [0.4, 0.5) is 26.5 Å². The van der Waals surface area contributed by atoms with Gasteiger partial charge in [0, 0.05) is 23.9 Å². The van der Waals surface area contributed by atoms with Gasteiger partial charge in [-0.25, -0.2) is 14.2 Å². The number of amides is 3. The molecule has 0 spiro atoms. The maximum Gasteiger partial charge on any atom is 0.326 e. The van der Waals surface area contributed by atoms with Gasteiger partial charge in [0.15, 0.2) is 5.65 Å². The molecule has 3 aromatic rings. The number of rotatable bonds is 6. The molecule has 1 saturated heterocycles. The zero-order valence-corrected chi connectivity index (χ0v) is 18.2. The Balaban J connectivity index is 1.54. The fourth-order valence-electron chi connectivity index (χ4n) is 3.20. The third kappa shape index (κ3) is 4.17. The standard InChI is InChI=1S/C20H17FIN7O2/c21-13-4-3-12(6-14(13)22)25-16-7-17(23-8-10-1-2-10)29-18(27-16)11(9-24-29)5-15-19(30)28-20(31)26-15/h3-7,9-10,23H,1-2,8H2,(H,25,27)(H2,26,28,30,31)/b15-5-. The van der Waals surface area contributed by atoms with Gasteiger partial charge >= 0.3 is 6.03 Å². The fraction of sp³-hybridized carbons (Fsp3) is 0.200. The molecule has 1 saturated carbocycles. The number of nitrogens with one attached hydrogen (secondary N) is 4. The van der Waals surface area contributed by atoms with Crippen molar-refractivity contribution in [3.05, 3.63) is 51.1 Å². The molecule has 5 rings (SSSR count). The molecule has 4 N–H and O–H groups in total. The molecule has 0 unspecified atom stereocenters. The average molecular weight is 533 g/mol. The van der Waals surface area contributed by atoms with Crippen LogP contribution in [0.15, 0.2) is 36.2 Å². The van der Waals surface area contributed by atoms with Crippen LogP contribution < -0.4 is 21.3 Å². The predicted molar refractivity (Wildman–Crippen MR) is 121 cm³/mol. The molecule has 2 aliphatic rings. The molecule has 0 radical (unpaired) electrons. The van der Waals surface area contributed by atoms with Crippen molar-refractivity contribution in [1.82, 2.24) is 25.2 Å². The average Bonchev–Trinajstić information content (AvgIpc) is 3.40. The van der Waals surface area contributed by atoms with Crippen molar-refractivity contribution < 1.29 is 14.0 Å². The summed E-state index contributed by atoms with van der Waals surface area (Å²) in [5, 5.41) is 15.6. The first-order valence-corrected chi connectivity index (χ1v) is 10.7. The molecule has 2 aromatic heterocycles. The second kappa shape index (κ2) is 7.80. The van der Waals surface area contributed by atoms with E-state index in [0.717, 1.165) is 12.4 Å². The highest BCUT2D eigenvalue weighted by Crippen LogP contribution is 2.30. The van der Waals surface area contributed by atoms with E-state index in [1.807, 2.05) is 28.7 Å². The molecule has 11 heteroatoms. The lowest BCUT2D eigenvalue weighted by Crippen LogP contribution is -2.22. The molecule has 1 aliphatic heterocycles. The number of halogens is 2. The van der Waals surface area contributed by atoms with E-state index in [2.05, 4.69) is 31.3 Å². The highest BCUT2D eigenvalue weighted by atomic mass is 127. The van der Waals surface area contributed by atoms with E-state index in [1.165, 1.54) is 25.0 Å². The summed E-state index contributed by atoms with van der Waals surface area (Å²) in [6.07, 6.45) is 5.52. The van der Waals surface area contributed by atoms with Crippen LogP contribution in [0.25, 0.3) is 11.7 Å². The summed E-state index contributed by atoms with van der Waals surface area (Å²) in [4.78, 5) is 27.9. The summed E-state index contributed by atoms with van der Waals surface area (Å²) in [6.45, 7) is 0.821. The van der Waals surface area contributed by atoms with E-state index < -0.39 is 11.9 Å². The van der Waals surface area contributed by atoms with Gasteiger partial charge in [0.05, 0.1) is 9.77 Å². The zero-order valence-electron chi connectivity index (χ0n) is 16.1. The summed E-state index contributed by atoms with van der Waals surface area (Å²) in [6, 6.07) is 5.99. The van der Waals surface area contributed by atoms with Gasteiger partial charge in [-0.2, -0.15) is 9.61 Å². The molecular weight excluding hydrogens is 516 g/mol. The van der Waals surface area contributed by atoms with Gasteiger partial charge in [-0.15, -0.1) is 0 Å². The Morgan fingerprint density at radius 2 is 2.10 bits per heavy atom. The smallest absolute Gasteiger partial charge is 0.326 e. The summed E-state index contributed by atoms with van der Waals surface area (Å²) < 4.78 is 15.8. The Labute approximate surface area is 189 Å². The first-order chi connectivity index (χ1) is 15.0. The number of carbonyl (C=O) groups is 2. The SMILES string of the molecule is O=C1NC(=O)/C(=C/c2cnn3c(NCC4CC4)cc(Nc4ccc(F)c(I)c4)nc23)N1. The molecule has 1 aliphatic carbocycles. The van der Waals surface area contributed by atoms with E-state index in [1.54, 1.807) is 22.8 Å². The Kier molecular flexibility index (Phi) is 4.96. The molecule has 158 valence electrons. The van der Waals surface area contributed by atoms with Gasteiger partial charge in [-0.1, -0.05) is 0 Å². The normalized spacial score (nSPS) is 17.2. The minimum Gasteiger partial charge on any atom is -0.370 e. The molecule has 0 atom stereocenters. The van der Waals surface area contributed by atoms with Crippen molar-refractivity contribution in [3.8, 4) is 0 Å². The Morgan fingerprint density at radius 1 is 1.26 bits per heavy atom. The number of carbonyl (C=O) groups excluding carboxylic acids is 2. The number of benzene rings is 1. The monoisotopic (exact) mass is 533 g/mol. The molecule has 0 bridgehead atoms. The highest BCUT2D eigenvalue weighted by molar-refractivity contribution is 14.1. The second-order valence-corrected chi connectivity index (χ2v) is 8.57. The Morgan fingerprint density at radius 3 is 2.81 bits per heavy atom. The van der Waals surface area contributed by atoms with Gasteiger partial charge in [-0.3, -0.25) is 10.1 Å². The van der Waals surface area contributed by atoms with Crippen LogP contribution in [-0.4, -0.2) is 33.1 Å². The van der Waals surface area contributed by atoms with Crippen LogP contribution in [0, 0.1) is 15.3 Å². The minimum atomic E-state index is -0.569. The van der Waals surface area contributed by atoms with Crippen molar-refractivity contribution in [3.63, 3.8) is 0 Å². The van der Waals surface area contributed by atoms with Crippen LogP contribution in [0.2, 0.25) is 0 Å². The van der Waals surface area contributed by atoms with Gasteiger partial charge < -0.3 is 16.0 Å². The number of nitrogens with zero attached hydrogens (tertiary/aromatic N) is 3. The largest absolute Gasteiger partial charge is 0.370 e. The summed E-state index contributed by atoms with van der Waals surface area (Å²) >= 11 is 1.93. The van der Waals surface area contributed by atoms with Crippen molar-refractivity contribution >= 4 is 63.6 Å². The molecule has 31 heavy (non-hydrogen) atoms. The van der Waals surface area contributed by atoms with E-state index in [4.69, 9.17) is 0 Å². The number of aromatic nitrogens is 3. The molecule has 3 amide bonds. The van der Waals surface area contributed by atoms with E-state index >= 15 is 0 Å². The van der Waals surface area contributed by atoms with Gasteiger partial charge in [0.2, 0.25) is 0 Å². The van der Waals surface area contributed by atoms with Crippen LogP contribution in [0.1, 0.15) is 18.4 Å². The number of fused-ring (bicyclic) bond motifs is 1. The maximum atomic E-state index is 13.6. The third-order valence-corrected chi connectivity index (χ3v) is 5.81. The minimum absolute atomic E-state index is 0.126. The van der Waals surface area contributed by atoms with Crippen molar-refractivity contribution in [2.24, 2.45) is 5.92 Å². The topological polar surface area (TPSA) is 112 Å². The Bertz CT molecular complexity index is 1250. The number of anilines is 3. The van der Waals surface area contributed by atoms with E-state index in [9.17, 15) is 14.0 Å². The fourth-order valence-corrected chi connectivity index (χ4v) is 3.72. The van der Waals surface area contributed by atoms with E-state index in [-0.39, 0.29) is 11.5 Å². The molecule has 9 nitrogen and oxygen atoms in total. The lowest BCUT2D eigenvalue weighted by atomic mass is 10.2. The number of hydrogen-bond acceptors (Lipinski definition) is 6. The molecular formula is C20H17FIN7O2. The van der Waals surface area contributed by atoms with Gasteiger partial charge in [0.1, 0.15) is 23.1 Å². The lowest BCUT2D eigenvalue weighted by Gasteiger charge is -2.12. The molecule has 3 heterocycles. The van der Waals surface area contributed by atoms with Crippen LogP contribution in [0.3, 0.4) is 0 Å². The number of imide groups is 1. The van der Waals surface area contributed by atoms with Crippen molar-refractivity contribution in [2.45, 2.75) is 12.8 Å². The Hall–Kier alpha value is -3.22. The predicted octanol–water partition coefficient (Wildman–Crippen LogP) is 3.22. The quantitative estimate of drug-likeness (QED) is 0.220.